The maximum atomic E-state index is 11.7. The summed E-state index contributed by atoms with van der Waals surface area (Å²) >= 11 is 0. The lowest BCUT2D eigenvalue weighted by molar-refractivity contribution is 0.0983. The van der Waals surface area contributed by atoms with Gasteiger partial charge in [-0.1, -0.05) is 0 Å². The van der Waals surface area contributed by atoms with E-state index in [4.69, 9.17) is 4.74 Å². The molecule has 2 aromatic heterocycles. The molecule has 0 radical (unpaired) electrons. The molecule has 1 aliphatic heterocycles. The summed E-state index contributed by atoms with van der Waals surface area (Å²) in [5.74, 6) is 0. The summed E-state index contributed by atoms with van der Waals surface area (Å²) < 4.78 is 6.71. The molecule has 8 heteroatoms. The number of rotatable bonds is 3. The Kier molecular flexibility index (Phi) is 4.08. The van der Waals surface area contributed by atoms with E-state index in [2.05, 4.69) is 20.6 Å². The largest absolute Gasteiger partial charge is 0.450 e. The number of likely N-dealkylation sites (tertiary alicyclic amines) is 1. The van der Waals surface area contributed by atoms with Crippen molar-refractivity contribution >= 4 is 17.4 Å². The van der Waals surface area contributed by atoms with Gasteiger partial charge in [0, 0.05) is 19.1 Å². The Hall–Kier alpha value is -2.38. The molecule has 0 unspecified atom stereocenters. The maximum absolute atomic E-state index is 11.7. The van der Waals surface area contributed by atoms with E-state index in [0.29, 0.717) is 25.7 Å². The number of carbonyl (C=O) groups excluding carboxylic acids is 1. The van der Waals surface area contributed by atoms with Gasteiger partial charge in [0.05, 0.1) is 18.0 Å². The molecule has 2 aromatic rings. The summed E-state index contributed by atoms with van der Waals surface area (Å²) in [5.41, 5.74) is 2.55. The van der Waals surface area contributed by atoms with Crippen LogP contribution in [0.15, 0.2) is 12.4 Å². The van der Waals surface area contributed by atoms with Crippen LogP contribution < -0.4 is 5.32 Å². The number of fused-ring (bicyclic) bond motifs is 1. The van der Waals surface area contributed by atoms with Crippen LogP contribution in [0.2, 0.25) is 0 Å². The van der Waals surface area contributed by atoms with Crippen molar-refractivity contribution in [1.29, 1.82) is 0 Å². The molecule has 22 heavy (non-hydrogen) atoms. The van der Waals surface area contributed by atoms with Crippen molar-refractivity contribution in [3.05, 3.63) is 18.1 Å². The quantitative estimate of drug-likeness (QED) is 0.924. The molecule has 0 saturated carbocycles. The summed E-state index contributed by atoms with van der Waals surface area (Å²) in [7, 11) is 0. The first-order chi connectivity index (χ1) is 10.7. The van der Waals surface area contributed by atoms with Crippen molar-refractivity contribution in [2.24, 2.45) is 0 Å². The van der Waals surface area contributed by atoms with Gasteiger partial charge in [-0.05, 0) is 32.8 Å². The number of anilines is 1. The van der Waals surface area contributed by atoms with Gasteiger partial charge in [-0.3, -0.25) is 0 Å². The summed E-state index contributed by atoms with van der Waals surface area (Å²) in [4.78, 5) is 13.5. The lowest BCUT2D eigenvalue weighted by Gasteiger charge is -2.32. The van der Waals surface area contributed by atoms with Crippen molar-refractivity contribution in [2.45, 2.75) is 32.7 Å². The average molecular weight is 304 g/mol. The van der Waals surface area contributed by atoms with Gasteiger partial charge in [-0.2, -0.15) is 9.61 Å². The van der Waals surface area contributed by atoms with Crippen molar-refractivity contribution in [3.8, 4) is 0 Å². The van der Waals surface area contributed by atoms with Gasteiger partial charge in [0.1, 0.15) is 6.33 Å². The highest BCUT2D eigenvalue weighted by Gasteiger charge is 2.24. The highest BCUT2D eigenvalue weighted by atomic mass is 16.6. The zero-order valence-corrected chi connectivity index (χ0v) is 12.8. The van der Waals surface area contributed by atoms with E-state index in [1.54, 1.807) is 15.7 Å². The van der Waals surface area contributed by atoms with Crippen molar-refractivity contribution in [1.82, 2.24) is 24.7 Å². The molecule has 118 valence electrons. The van der Waals surface area contributed by atoms with Gasteiger partial charge in [0.2, 0.25) is 5.65 Å². The molecule has 0 aromatic carbocycles. The van der Waals surface area contributed by atoms with Gasteiger partial charge in [-0.25, -0.2) is 4.79 Å². The van der Waals surface area contributed by atoms with Crippen LogP contribution in [-0.2, 0) is 4.74 Å². The van der Waals surface area contributed by atoms with Crippen LogP contribution in [0.1, 0.15) is 25.5 Å². The Labute approximate surface area is 128 Å². The zero-order chi connectivity index (χ0) is 15.5. The molecule has 3 heterocycles. The molecule has 1 N–H and O–H groups in total. The Morgan fingerprint density at radius 1 is 1.45 bits per heavy atom. The summed E-state index contributed by atoms with van der Waals surface area (Å²) in [6.45, 7) is 5.57. The number of ether oxygens (including phenoxy) is 1. The number of aromatic nitrogens is 4. The molecular weight excluding hydrogens is 284 g/mol. The van der Waals surface area contributed by atoms with Crippen molar-refractivity contribution < 1.29 is 9.53 Å². The number of carbonyl (C=O) groups is 1. The van der Waals surface area contributed by atoms with Gasteiger partial charge in [0.15, 0.2) is 0 Å². The van der Waals surface area contributed by atoms with Gasteiger partial charge >= 0.3 is 6.09 Å². The minimum atomic E-state index is -0.222. The molecule has 1 fully saturated rings. The molecule has 8 nitrogen and oxygen atoms in total. The molecule has 0 atom stereocenters. The fourth-order valence-electron chi connectivity index (χ4n) is 2.70. The Balaban J connectivity index is 1.65. The van der Waals surface area contributed by atoms with Crippen molar-refractivity contribution in [2.75, 3.05) is 25.0 Å². The minimum Gasteiger partial charge on any atom is -0.450 e. The molecule has 3 rings (SSSR count). The number of nitrogens with one attached hydrogen (secondary N) is 1. The topological polar surface area (TPSA) is 84.7 Å². The van der Waals surface area contributed by atoms with Crippen LogP contribution in [0.4, 0.5) is 10.5 Å². The second kappa shape index (κ2) is 6.17. The number of hydrogen-bond acceptors (Lipinski definition) is 6. The fourth-order valence-corrected chi connectivity index (χ4v) is 2.70. The van der Waals surface area contributed by atoms with Crippen molar-refractivity contribution in [3.63, 3.8) is 0 Å². The van der Waals surface area contributed by atoms with Gasteiger partial charge < -0.3 is 15.0 Å². The summed E-state index contributed by atoms with van der Waals surface area (Å²) in [6.07, 6.45) is 3.12. The van der Waals surface area contributed by atoms with E-state index in [1.807, 2.05) is 19.9 Å². The van der Waals surface area contributed by atoms with E-state index >= 15 is 0 Å². The predicted molar refractivity (Wildman–Crippen MR) is 80.8 cm³/mol. The highest BCUT2D eigenvalue weighted by molar-refractivity contribution is 5.68. The molecule has 1 amide bonds. The third-order valence-electron chi connectivity index (χ3n) is 3.77. The lowest BCUT2D eigenvalue weighted by Crippen LogP contribution is -2.42. The summed E-state index contributed by atoms with van der Waals surface area (Å²) in [6, 6.07) is 2.27. The van der Waals surface area contributed by atoms with E-state index < -0.39 is 0 Å². The smallest absolute Gasteiger partial charge is 0.409 e. The number of aryl methyl sites for hydroxylation is 1. The first-order valence-electron chi connectivity index (χ1n) is 7.53. The Morgan fingerprint density at radius 2 is 2.23 bits per heavy atom. The third-order valence-corrected chi connectivity index (χ3v) is 3.77. The van der Waals surface area contributed by atoms with Crippen LogP contribution in [0.5, 0.6) is 0 Å². The van der Waals surface area contributed by atoms with E-state index in [9.17, 15) is 4.79 Å². The molecular formula is C14H20N6O2. The average Bonchev–Trinajstić information content (AvgIpc) is 2.96. The van der Waals surface area contributed by atoms with Crippen LogP contribution in [-0.4, -0.2) is 56.5 Å². The summed E-state index contributed by atoms with van der Waals surface area (Å²) in [5, 5.41) is 15.8. The van der Waals surface area contributed by atoms with Crippen LogP contribution in [0.25, 0.3) is 5.65 Å². The van der Waals surface area contributed by atoms with Crippen LogP contribution in [0, 0.1) is 6.92 Å². The lowest BCUT2D eigenvalue weighted by atomic mass is 10.1. The van der Waals surface area contributed by atoms with Gasteiger partial charge in [0.25, 0.3) is 0 Å². The standard InChI is InChI=1S/C14H20N6O2/c1-3-22-14(21)19-6-4-11(5-7-19)16-12-8-10(2)18-20-9-15-17-13(12)20/h8-9,11,16H,3-7H2,1-2H3. The first kappa shape index (κ1) is 14.6. The monoisotopic (exact) mass is 304 g/mol. The second-order valence-corrected chi connectivity index (χ2v) is 5.40. The normalized spacial score (nSPS) is 16.0. The number of amides is 1. The molecule has 1 aliphatic rings. The highest BCUT2D eigenvalue weighted by Crippen LogP contribution is 2.20. The van der Waals surface area contributed by atoms with Gasteiger partial charge in [-0.15, -0.1) is 10.2 Å². The number of piperidine rings is 1. The number of nitrogens with zero attached hydrogens (tertiary/aromatic N) is 5. The van der Waals surface area contributed by atoms with E-state index in [0.717, 1.165) is 29.9 Å². The zero-order valence-electron chi connectivity index (χ0n) is 12.8. The molecule has 0 bridgehead atoms. The molecule has 0 aliphatic carbocycles. The van der Waals surface area contributed by atoms with Crippen LogP contribution >= 0.6 is 0 Å². The Morgan fingerprint density at radius 3 is 2.95 bits per heavy atom. The molecule has 0 spiro atoms. The first-order valence-corrected chi connectivity index (χ1v) is 7.53. The SMILES string of the molecule is CCOC(=O)N1CCC(Nc2cc(C)nn3cnnc23)CC1. The predicted octanol–water partition coefficient (Wildman–Crippen LogP) is 1.47. The fraction of sp³-hybridized carbons (Fsp3) is 0.571. The number of hydrogen-bond donors (Lipinski definition) is 1. The van der Waals surface area contributed by atoms with Crippen LogP contribution in [0.3, 0.4) is 0 Å². The van der Waals surface area contributed by atoms with E-state index in [1.165, 1.54) is 0 Å². The maximum Gasteiger partial charge on any atom is 0.409 e. The van der Waals surface area contributed by atoms with E-state index in [-0.39, 0.29) is 6.09 Å². The third kappa shape index (κ3) is 2.95. The second-order valence-electron chi connectivity index (χ2n) is 5.40. The minimum absolute atomic E-state index is 0.222. The Bertz CT molecular complexity index is 662. The molecule has 1 saturated heterocycles.